The molecule has 0 aromatic rings. The van der Waals surface area contributed by atoms with Crippen molar-refractivity contribution in [3.8, 4) is 0 Å². The van der Waals surface area contributed by atoms with Crippen LogP contribution in [0.15, 0.2) is 0 Å². The molecule has 1 saturated heterocycles. The van der Waals surface area contributed by atoms with E-state index in [9.17, 15) is 0 Å². The van der Waals surface area contributed by atoms with Gasteiger partial charge < -0.3 is 10.2 Å². The highest BCUT2D eigenvalue weighted by molar-refractivity contribution is 4.93. The standard InChI is InChI=1S/C13H26N2/c1-3-13(4-2)11-15(10-8-14-13)9-7-12-5-6-12/h12,14H,3-11H2,1-2H3. The third kappa shape index (κ3) is 2.94. The van der Waals surface area contributed by atoms with Crippen LogP contribution in [-0.2, 0) is 0 Å². The van der Waals surface area contributed by atoms with E-state index in [1.54, 1.807) is 0 Å². The topological polar surface area (TPSA) is 15.3 Å². The maximum absolute atomic E-state index is 3.72. The Morgan fingerprint density at radius 1 is 1.27 bits per heavy atom. The van der Waals surface area contributed by atoms with Gasteiger partial charge in [0.25, 0.3) is 0 Å². The number of nitrogens with zero attached hydrogens (tertiary/aromatic N) is 1. The van der Waals surface area contributed by atoms with Crippen molar-refractivity contribution in [1.82, 2.24) is 10.2 Å². The molecule has 1 saturated carbocycles. The molecule has 2 rings (SSSR count). The Hall–Kier alpha value is -0.0800. The fraction of sp³-hybridized carbons (Fsp3) is 1.00. The van der Waals surface area contributed by atoms with Gasteiger partial charge in [0.2, 0.25) is 0 Å². The first-order valence-electron chi connectivity index (χ1n) is 6.75. The predicted octanol–water partition coefficient (Wildman–Crippen LogP) is 2.25. The normalized spacial score (nSPS) is 26.8. The molecule has 1 aliphatic carbocycles. The van der Waals surface area contributed by atoms with E-state index < -0.39 is 0 Å². The summed E-state index contributed by atoms with van der Waals surface area (Å²) in [7, 11) is 0. The van der Waals surface area contributed by atoms with E-state index in [-0.39, 0.29) is 0 Å². The summed E-state index contributed by atoms with van der Waals surface area (Å²) in [5, 5.41) is 3.72. The van der Waals surface area contributed by atoms with Crippen LogP contribution in [0.1, 0.15) is 46.0 Å². The zero-order valence-corrected chi connectivity index (χ0v) is 10.4. The van der Waals surface area contributed by atoms with Gasteiger partial charge in [-0.15, -0.1) is 0 Å². The molecule has 0 spiro atoms. The van der Waals surface area contributed by atoms with Gasteiger partial charge in [-0.1, -0.05) is 26.7 Å². The van der Waals surface area contributed by atoms with E-state index in [1.165, 1.54) is 58.3 Å². The van der Waals surface area contributed by atoms with Crippen molar-refractivity contribution in [1.29, 1.82) is 0 Å². The monoisotopic (exact) mass is 210 g/mol. The van der Waals surface area contributed by atoms with Crippen LogP contribution in [0.2, 0.25) is 0 Å². The van der Waals surface area contributed by atoms with Crippen molar-refractivity contribution in [2.45, 2.75) is 51.5 Å². The molecule has 1 N–H and O–H groups in total. The van der Waals surface area contributed by atoms with Crippen molar-refractivity contribution >= 4 is 0 Å². The molecular formula is C13H26N2. The maximum Gasteiger partial charge on any atom is 0.0304 e. The van der Waals surface area contributed by atoms with Crippen molar-refractivity contribution in [3.63, 3.8) is 0 Å². The smallest absolute Gasteiger partial charge is 0.0304 e. The van der Waals surface area contributed by atoms with E-state index in [1.807, 2.05) is 0 Å². The van der Waals surface area contributed by atoms with Crippen LogP contribution in [0.5, 0.6) is 0 Å². The average molecular weight is 210 g/mol. The lowest BCUT2D eigenvalue weighted by Crippen LogP contribution is -2.59. The summed E-state index contributed by atoms with van der Waals surface area (Å²) < 4.78 is 0. The van der Waals surface area contributed by atoms with Crippen LogP contribution in [0, 0.1) is 5.92 Å². The minimum atomic E-state index is 0.418. The lowest BCUT2D eigenvalue weighted by atomic mass is 9.90. The highest BCUT2D eigenvalue weighted by Crippen LogP contribution is 2.32. The first-order chi connectivity index (χ1) is 7.28. The summed E-state index contributed by atoms with van der Waals surface area (Å²) >= 11 is 0. The zero-order chi connectivity index (χ0) is 10.7. The summed E-state index contributed by atoms with van der Waals surface area (Å²) in [6.07, 6.45) is 6.98. The van der Waals surface area contributed by atoms with Gasteiger partial charge in [-0.25, -0.2) is 0 Å². The Morgan fingerprint density at radius 2 is 2.00 bits per heavy atom. The molecule has 0 aromatic carbocycles. The first kappa shape index (κ1) is 11.4. The molecule has 1 aliphatic heterocycles. The second-order valence-corrected chi connectivity index (χ2v) is 5.42. The van der Waals surface area contributed by atoms with Gasteiger partial charge in [0.15, 0.2) is 0 Å². The molecule has 2 aliphatic rings. The molecule has 0 unspecified atom stereocenters. The fourth-order valence-corrected chi connectivity index (χ4v) is 2.73. The molecule has 15 heavy (non-hydrogen) atoms. The number of piperazine rings is 1. The molecule has 0 bridgehead atoms. The summed E-state index contributed by atoms with van der Waals surface area (Å²) in [5.74, 6) is 1.08. The van der Waals surface area contributed by atoms with Gasteiger partial charge in [0.1, 0.15) is 0 Å². The highest BCUT2D eigenvalue weighted by atomic mass is 15.2. The van der Waals surface area contributed by atoms with E-state index in [0.29, 0.717) is 5.54 Å². The minimum Gasteiger partial charge on any atom is -0.309 e. The molecule has 2 heteroatoms. The van der Waals surface area contributed by atoms with Gasteiger partial charge in [0.05, 0.1) is 0 Å². The fourth-order valence-electron chi connectivity index (χ4n) is 2.73. The van der Waals surface area contributed by atoms with Gasteiger partial charge in [0, 0.05) is 25.2 Å². The van der Waals surface area contributed by atoms with Crippen LogP contribution in [0.4, 0.5) is 0 Å². The van der Waals surface area contributed by atoms with Crippen molar-refractivity contribution in [2.75, 3.05) is 26.2 Å². The Labute approximate surface area is 94.4 Å². The van der Waals surface area contributed by atoms with Crippen LogP contribution in [0.25, 0.3) is 0 Å². The molecule has 0 aromatic heterocycles. The molecule has 2 fully saturated rings. The Kier molecular flexibility index (Phi) is 3.68. The van der Waals surface area contributed by atoms with Crippen LogP contribution >= 0.6 is 0 Å². The molecule has 2 nitrogen and oxygen atoms in total. The summed E-state index contributed by atoms with van der Waals surface area (Å²) in [5.41, 5.74) is 0.418. The molecular weight excluding hydrogens is 184 g/mol. The van der Waals surface area contributed by atoms with Crippen molar-refractivity contribution < 1.29 is 0 Å². The average Bonchev–Trinajstić information content (AvgIpc) is 3.10. The van der Waals surface area contributed by atoms with Crippen LogP contribution in [-0.4, -0.2) is 36.6 Å². The zero-order valence-electron chi connectivity index (χ0n) is 10.4. The number of hydrogen-bond donors (Lipinski definition) is 1. The van der Waals surface area contributed by atoms with E-state index in [2.05, 4.69) is 24.1 Å². The lowest BCUT2D eigenvalue weighted by Gasteiger charge is -2.43. The lowest BCUT2D eigenvalue weighted by molar-refractivity contribution is 0.121. The summed E-state index contributed by atoms with van der Waals surface area (Å²) in [6, 6.07) is 0. The molecule has 1 heterocycles. The quantitative estimate of drug-likeness (QED) is 0.749. The molecule has 0 atom stereocenters. The van der Waals surface area contributed by atoms with Gasteiger partial charge in [-0.2, -0.15) is 0 Å². The Balaban J connectivity index is 1.79. The van der Waals surface area contributed by atoms with Gasteiger partial charge in [-0.05, 0) is 31.7 Å². The van der Waals surface area contributed by atoms with Crippen LogP contribution in [0.3, 0.4) is 0 Å². The molecule has 88 valence electrons. The molecule has 0 radical (unpaired) electrons. The van der Waals surface area contributed by atoms with E-state index in [0.717, 1.165) is 5.92 Å². The largest absolute Gasteiger partial charge is 0.309 e. The number of nitrogens with one attached hydrogen (secondary N) is 1. The second kappa shape index (κ2) is 4.84. The number of hydrogen-bond acceptors (Lipinski definition) is 2. The highest BCUT2D eigenvalue weighted by Gasteiger charge is 2.32. The van der Waals surface area contributed by atoms with Crippen LogP contribution < -0.4 is 5.32 Å². The first-order valence-corrected chi connectivity index (χ1v) is 6.75. The number of rotatable bonds is 5. The maximum atomic E-state index is 3.72. The van der Waals surface area contributed by atoms with Gasteiger partial charge >= 0.3 is 0 Å². The third-order valence-electron chi connectivity index (χ3n) is 4.36. The minimum absolute atomic E-state index is 0.418. The summed E-state index contributed by atoms with van der Waals surface area (Å²) in [4.78, 5) is 2.68. The third-order valence-corrected chi connectivity index (χ3v) is 4.36. The van der Waals surface area contributed by atoms with E-state index >= 15 is 0 Å². The van der Waals surface area contributed by atoms with Crippen molar-refractivity contribution in [2.24, 2.45) is 5.92 Å². The Bertz CT molecular complexity index is 195. The predicted molar refractivity (Wildman–Crippen MR) is 65.1 cm³/mol. The molecule has 0 amide bonds. The van der Waals surface area contributed by atoms with E-state index in [4.69, 9.17) is 0 Å². The SMILES string of the molecule is CCC1(CC)CN(CCC2CC2)CCN1. The summed E-state index contributed by atoms with van der Waals surface area (Å²) in [6.45, 7) is 9.70. The Morgan fingerprint density at radius 3 is 2.60 bits per heavy atom. The van der Waals surface area contributed by atoms with Crippen molar-refractivity contribution in [3.05, 3.63) is 0 Å². The van der Waals surface area contributed by atoms with Gasteiger partial charge in [-0.3, -0.25) is 0 Å². The second-order valence-electron chi connectivity index (χ2n) is 5.42.